The highest BCUT2D eigenvalue weighted by molar-refractivity contribution is 7.13. The van der Waals surface area contributed by atoms with Crippen molar-refractivity contribution in [3.63, 3.8) is 0 Å². The van der Waals surface area contributed by atoms with Crippen molar-refractivity contribution in [3.8, 4) is 0 Å². The van der Waals surface area contributed by atoms with E-state index < -0.39 is 5.97 Å². The van der Waals surface area contributed by atoms with E-state index in [0.717, 1.165) is 37.0 Å². The van der Waals surface area contributed by atoms with E-state index in [1.54, 1.807) is 6.92 Å². The summed E-state index contributed by atoms with van der Waals surface area (Å²) in [5.41, 5.74) is 0.515. The predicted molar refractivity (Wildman–Crippen MR) is 76.8 cm³/mol. The molecule has 110 valence electrons. The molecular weight excluding hydrogens is 276 g/mol. The van der Waals surface area contributed by atoms with Crippen molar-refractivity contribution >= 4 is 23.2 Å². The van der Waals surface area contributed by atoms with E-state index in [4.69, 9.17) is 5.11 Å². The number of amides is 1. The summed E-state index contributed by atoms with van der Waals surface area (Å²) in [4.78, 5) is 27.5. The molecule has 1 heterocycles. The first-order chi connectivity index (χ1) is 9.58. The van der Waals surface area contributed by atoms with Crippen LogP contribution in [0.4, 0.5) is 0 Å². The number of aromatic carboxylic acids is 1. The fraction of sp³-hybridized carbons (Fsp3) is 0.643. The van der Waals surface area contributed by atoms with Gasteiger partial charge < -0.3 is 10.4 Å². The summed E-state index contributed by atoms with van der Waals surface area (Å²) in [5, 5.41) is 12.5. The molecule has 1 aliphatic rings. The second-order valence-corrected chi connectivity index (χ2v) is 6.32. The third-order valence-electron chi connectivity index (χ3n) is 3.67. The van der Waals surface area contributed by atoms with Gasteiger partial charge in [0.1, 0.15) is 9.88 Å². The normalized spacial score (nSPS) is 16.6. The number of aryl methyl sites for hydroxylation is 1. The molecule has 1 aliphatic carbocycles. The molecule has 0 spiro atoms. The molecule has 6 heteroatoms. The summed E-state index contributed by atoms with van der Waals surface area (Å²) >= 11 is 1.13. The SMILES string of the molecule is Cc1nc(CNC(=O)C2CCCCCC2)sc1C(=O)O. The molecule has 0 bridgehead atoms. The zero-order valence-corrected chi connectivity index (χ0v) is 12.5. The minimum Gasteiger partial charge on any atom is -0.477 e. The molecule has 1 aromatic rings. The Morgan fingerprint density at radius 1 is 1.30 bits per heavy atom. The maximum atomic E-state index is 12.1. The monoisotopic (exact) mass is 296 g/mol. The second-order valence-electron chi connectivity index (χ2n) is 5.23. The van der Waals surface area contributed by atoms with Crippen molar-refractivity contribution < 1.29 is 14.7 Å². The molecule has 2 rings (SSSR count). The lowest BCUT2D eigenvalue weighted by molar-refractivity contribution is -0.125. The molecule has 0 aromatic carbocycles. The maximum absolute atomic E-state index is 12.1. The van der Waals surface area contributed by atoms with Crippen LogP contribution in [0.15, 0.2) is 0 Å². The van der Waals surface area contributed by atoms with Crippen molar-refractivity contribution in [1.82, 2.24) is 10.3 Å². The van der Waals surface area contributed by atoms with Gasteiger partial charge in [0, 0.05) is 5.92 Å². The van der Waals surface area contributed by atoms with Crippen molar-refractivity contribution in [3.05, 3.63) is 15.6 Å². The van der Waals surface area contributed by atoms with Crippen LogP contribution in [-0.4, -0.2) is 22.0 Å². The third-order valence-corrected chi connectivity index (χ3v) is 4.82. The Morgan fingerprint density at radius 3 is 2.50 bits per heavy atom. The van der Waals surface area contributed by atoms with E-state index in [9.17, 15) is 9.59 Å². The molecule has 0 aliphatic heterocycles. The molecule has 0 saturated heterocycles. The summed E-state index contributed by atoms with van der Waals surface area (Å²) in [5.74, 6) is -0.768. The van der Waals surface area contributed by atoms with Crippen LogP contribution in [0.3, 0.4) is 0 Å². The fourth-order valence-corrected chi connectivity index (χ4v) is 3.42. The highest BCUT2D eigenvalue weighted by Gasteiger charge is 2.20. The first kappa shape index (κ1) is 15.0. The average molecular weight is 296 g/mol. The van der Waals surface area contributed by atoms with Crippen LogP contribution in [0, 0.1) is 12.8 Å². The summed E-state index contributed by atoms with van der Waals surface area (Å²) in [6.45, 7) is 2.00. The number of rotatable bonds is 4. The Labute approximate surface area is 122 Å². The first-order valence-electron chi connectivity index (χ1n) is 7.05. The summed E-state index contributed by atoms with van der Waals surface area (Å²) < 4.78 is 0. The lowest BCUT2D eigenvalue weighted by atomic mass is 10.00. The molecule has 0 atom stereocenters. The second kappa shape index (κ2) is 6.83. The van der Waals surface area contributed by atoms with Crippen molar-refractivity contribution in [1.29, 1.82) is 0 Å². The molecule has 5 nitrogen and oxygen atoms in total. The van der Waals surface area contributed by atoms with Crippen LogP contribution in [0.1, 0.15) is 58.9 Å². The topological polar surface area (TPSA) is 79.3 Å². The molecule has 1 aromatic heterocycles. The molecule has 1 fully saturated rings. The van der Waals surface area contributed by atoms with E-state index in [1.807, 2.05) is 0 Å². The smallest absolute Gasteiger partial charge is 0.347 e. The average Bonchev–Trinajstić information content (AvgIpc) is 2.64. The Balaban J connectivity index is 1.89. The Kier molecular flexibility index (Phi) is 5.11. The molecule has 1 amide bonds. The Morgan fingerprint density at radius 2 is 1.95 bits per heavy atom. The van der Waals surface area contributed by atoms with Crippen molar-refractivity contribution in [2.75, 3.05) is 0 Å². The molecule has 1 saturated carbocycles. The maximum Gasteiger partial charge on any atom is 0.347 e. The zero-order valence-electron chi connectivity index (χ0n) is 11.6. The highest BCUT2D eigenvalue weighted by atomic mass is 32.1. The lowest BCUT2D eigenvalue weighted by Crippen LogP contribution is -2.30. The predicted octanol–water partition coefficient (Wildman–Crippen LogP) is 2.74. The zero-order chi connectivity index (χ0) is 14.5. The van der Waals surface area contributed by atoms with Crippen LogP contribution < -0.4 is 5.32 Å². The van der Waals surface area contributed by atoms with Gasteiger partial charge in [0.2, 0.25) is 5.91 Å². The van der Waals surface area contributed by atoms with Gasteiger partial charge in [-0.25, -0.2) is 9.78 Å². The third kappa shape index (κ3) is 3.79. The van der Waals surface area contributed by atoms with Crippen molar-refractivity contribution in [2.45, 2.75) is 52.0 Å². The first-order valence-corrected chi connectivity index (χ1v) is 7.87. The minimum atomic E-state index is -0.957. The van der Waals surface area contributed by atoms with E-state index >= 15 is 0 Å². The van der Waals surface area contributed by atoms with Gasteiger partial charge >= 0.3 is 5.97 Å². The van der Waals surface area contributed by atoms with Gasteiger partial charge in [-0.15, -0.1) is 11.3 Å². The minimum absolute atomic E-state index is 0.0802. The largest absolute Gasteiger partial charge is 0.477 e. The quantitative estimate of drug-likeness (QED) is 0.837. The van der Waals surface area contributed by atoms with Crippen molar-refractivity contribution in [2.24, 2.45) is 5.92 Å². The summed E-state index contributed by atoms with van der Waals surface area (Å²) in [7, 11) is 0. The van der Waals surface area contributed by atoms with E-state index in [0.29, 0.717) is 17.2 Å². The van der Waals surface area contributed by atoms with Gasteiger partial charge in [-0.05, 0) is 19.8 Å². The van der Waals surface area contributed by atoms with Crippen LogP contribution in [0.25, 0.3) is 0 Å². The fourth-order valence-electron chi connectivity index (χ4n) is 2.57. The van der Waals surface area contributed by atoms with Crippen LogP contribution in [0.5, 0.6) is 0 Å². The van der Waals surface area contributed by atoms with E-state index in [2.05, 4.69) is 10.3 Å². The number of carboxylic acids is 1. The molecule has 0 unspecified atom stereocenters. The molecular formula is C14H20N2O3S. The molecule has 20 heavy (non-hydrogen) atoms. The number of nitrogens with one attached hydrogen (secondary N) is 1. The van der Waals surface area contributed by atoms with Crippen LogP contribution in [0.2, 0.25) is 0 Å². The standard InChI is InChI=1S/C14H20N2O3S/c1-9-12(14(18)19)20-11(16-9)8-15-13(17)10-6-4-2-3-5-7-10/h10H,2-8H2,1H3,(H,15,17)(H,18,19). The number of aromatic nitrogens is 1. The molecule has 2 N–H and O–H groups in total. The number of hydrogen-bond donors (Lipinski definition) is 2. The van der Waals surface area contributed by atoms with Gasteiger partial charge in [-0.2, -0.15) is 0 Å². The number of nitrogens with zero attached hydrogens (tertiary/aromatic N) is 1. The summed E-state index contributed by atoms with van der Waals surface area (Å²) in [6, 6.07) is 0. The van der Waals surface area contributed by atoms with Gasteiger partial charge in [0.05, 0.1) is 12.2 Å². The van der Waals surface area contributed by atoms with Gasteiger partial charge in [0.15, 0.2) is 0 Å². The van der Waals surface area contributed by atoms with Crippen LogP contribution >= 0.6 is 11.3 Å². The summed E-state index contributed by atoms with van der Waals surface area (Å²) in [6.07, 6.45) is 6.61. The molecule has 0 radical (unpaired) electrons. The number of carbonyl (C=O) groups excluding carboxylic acids is 1. The Bertz CT molecular complexity index is 491. The number of thiazole rings is 1. The van der Waals surface area contributed by atoms with E-state index in [-0.39, 0.29) is 16.7 Å². The van der Waals surface area contributed by atoms with E-state index in [1.165, 1.54) is 12.8 Å². The van der Waals surface area contributed by atoms with Crippen LogP contribution in [-0.2, 0) is 11.3 Å². The van der Waals surface area contributed by atoms with Gasteiger partial charge in [-0.3, -0.25) is 4.79 Å². The number of carboxylic acid groups (broad SMARTS) is 1. The highest BCUT2D eigenvalue weighted by Crippen LogP contribution is 2.23. The Hall–Kier alpha value is -1.43. The number of carbonyl (C=O) groups is 2. The number of hydrogen-bond acceptors (Lipinski definition) is 4. The van der Waals surface area contributed by atoms with Gasteiger partial charge in [0.25, 0.3) is 0 Å². The lowest BCUT2D eigenvalue weighted by Gasteiger charge is -2.13. The van der Waals surface area contributed by atoms with Gasteiger partial charge in [-0.1, -0.05) is 25.7 Å².